The number of halogens is 1. The van der Waals surface area contributed by atoms with Gasteiger partial charge >= 0.3 is 5.97 Å². The summed E-state index contributed by atoms with van der Waals surface area (Å²) in [7, 11) is 0. The van der Waals surface area contributed by atoms with Crippen LogP contribution in [0.25, 0.3) is 22.8 Å². The number of carbonyl (C=O) groups is 1. The SMILES string of the molecule is Clc1ccc(C2=c3c(ccc4c3=CCCC4Cc3ccccc3)-c3ccccc3C2)cc1.O=C(O)c1ccncc1. The highest BCUT2D eigenvalue weighted by atomic mass is 35.5. The van der Waals surface area contributed by atoms with Crippen molar-refractivity contribution in [3.8, 4) is 11.1 Å². The van der Waals surface area contributed by atoms with E-state index in [1.807, 2.05) is 12.1 Å². The molecule has 0 aliphatic heterocycles. The van der Waals surface area contributed by atoms with Gasteiger partial charge in [0.15, 0.2) is 0 Å². The zero-order valence-corrected chi connectivity index (χ0v) is 23.4. The molecule has 3 nitrogen and oxygen atoms in total. The normalized spacial score (nSPS) is 14.9. The van der Waals surface area contributed by atoms with Crippen LogP contribution in [0.15, 0.2) is 116 Å². The first-order valence-corrected chi connectivity index (χ1v) is 14.3. The molecule has 0 saturated carbocycles. The van der Waals surface area contributed by atoms with Gasteiger partial charge in [0.2, 0.25) is 0 Å². The van der Waals surface area contributed by atoms with Crippen LogP contribution in [0.3, 0.4) is 0 Å². The van der Waals surface area contributed by atoms with Crippen molar-refractivity contribution in [2.45, 2.75) is 31.6 Å². The van der Waals surface area contributed by atoms with Crippen molar-refractivity contribution in [2.75, 3.05) is 0 Å². The zero-order valence-electron chi connectivity index (χ0n) is 22.6. The minimum absolute atomic E-state index is 0.269. The summed E-state index contributed by atoms with van der Waals surface area (Å²) in [5.41, 5.74) is 10.0. The first-order chi connectivity index (χ1) is 20.1. The maximum atomic E-state index is 10.2. The van der Waals surface area contributed by atoms with Crippen LogP contribution in [-0.4, -0.2) is 16.1 Å². The second kappa shape index (κ2) is 12.0. The smallest absolute Gasteiger partial charge is 0.335 e. The first kappa shape index (κ1) is 26.7. The Hall–Kier alpha value is -4.47. The summed E-state index contributed by atoms with van der Waals surface area (Å²) in [6, 6.07) is 35.9. The molecule has 4 aromatic carbocycles. The Kier molecular flexibility index (Phi) is 7.80. The maximum Gasteiger partial charge on any atom is 0.335 e. The minimum Gasteiger partial charge on any atom is -0.478 e. The van der Waals surface area contributed by atoms with E-state index in [2.05, 4.69) is 89.9 Å². The number of aromatic carboxylic acids is 1. The molecule has 1 unspecified atom stereocenters. The van der Waals surface area contributed by atoms with Crippen LogP contribution in [0.1, 0.15) is 51.4 Å². The van der Waals surface area contributed by atoms with Gasteiger partial charge in [0.25, 0.3) is 0 Å². The highest BCUT2D eigenvalue weighted by molar-refractivity contribution is 6.30. The van der Waals surface area contributed by atoms with Crippen molar-refractivity contribution >= 4 is 29.2 Å². The Labute approximate surface area is 245 Å². The number of aromatic nitrogens is 1. The number of hydrogen-bond donors (Lipinski definition) is 1. The van der Waals surface area contributed by atoms with E-state index < -0.39 is 5.97 Å². The van der Waals surface area contributed by atoms with Crippen LogP contribution in [-0.2, 0) is 12.8 Å². The molecule has 7 rings (SSSR count). The van der Waals surface area contributed by atoms with Gasteiger partial charge < -0.3 is 5.11 Å². The molecule has 0 saturated heterocycles. The molecule has 1 N–H and O–H groups in total. The van der Waals surface area contributed by atoms with Gasteiger partial charge in [-0.2, -0.15) is 0 Å². The molecule has 1 heterocycles. The third-order valence-electron chi connectivity index (χ3n) is 8.00. The Morgan fingerprint density at radius 2 is 1.56 bits per heavy atom. The number of rotatable bonds is 4. The van der Waals surface area contributed by atoms with Crippen LogP contribution in [0.4, 0.5) is 0 Å². The van der Waals surface area contributed by atoms with Gasteiger partial charge in [0, 0.05) is 17.4 Å². The first-order valence-electron chi connectivity index (χ1n) is 14.0. The number of fused-ring (bicyclic) bond motifs is 5. The lowest BCUT2D eigenvalue weighted by molar-refractivity contribution is 0.0696. The average Bonchev–Trinajstić information content (AvgIpc) is 3.02. The van der Waals surface area contributed by atoms with Crippen LogP contribution < -0.4 is 10.4 Å². The van der Waals surface area contributed by atoms with Crippen LogP contribution in [0, 0.1) is 0 Å². The van der Waals surface area contributed by atoms with Crippen molar-refractivity contribution in [3.63, 3.8) is 0 Å². The third-order valence-corrected chi connectivity index (χ3v) is 8.26. The summed E-state index contributed by atoms with van der Waals surface area (Å²) in [6.07, 6.45) is 9.79. The molecular weight excluding hydrogens is 526 g/mol. The van der Waals surface area contributed by atoms with Crippen molar-refractivity contribution in [3.05, 3.63) is 159 Å². The second-order valence-electron chi connectivity index (χ2n) is 10.5. The van der Waals surface area contributed by atoms with Gasteiger partial charge in [-0.3, -0.25) is 4.98 Å². The third kappa shape index (κ3) is 5.73. The van der Waals surface area contributed by atoms with Crippen LogP contribution in [0.5, 0.6) is 0 Å². The lowest BCUT2D eigenvalue weighted by Gasteiger charge is -2.26. The summed E-state index contributed by atoms with van der Waals surface area (Å²) in [4.78, 5) is 13.8. The molecule has 1 aromatic heterocycles. The largest absolute Gasteiger partial charge is 0.478 e. The second-order valence-corrected chi connectivity index (χ2v) is 11.0. The maximum absolute atomic E-state index is 10.2. The molecule has 4 heteroatoms. The van der Waals surface area contributed by atoms with Gasteiger partial charge in [-0.25, -0.2) is 4.79 Å². The number of benzene rings is 4. The molecule has 2 aliphatic carbocycles. The number of pyridine rings is 1. The molecule has 202 valence electrons. The van der Waals surface area contributed by atoms with E-state index in [9.17, 15) is 4.79 Å². The number of carboxylic acid groups (broad SMARTS) is 1. The van der Waals surface area contributed by atoms with Gasteiger partial charge in [-0.05, 0) is 105 Å². The Morgan fingerprint density at radius 1 is 0.829 bits per heavy atom. The summed E-state index contributed by atoms with van der Waals surface area (Å²) in [5.74, 6) is -0.358. The van der Waals surface area contributed by atoms with E-state index >= 15 is 0 Å². The molecule has 0 bridgehead atoms. The average molecular weight is 556 g/mol. The molecular formula is C37H30ClNO2. The fourth-order valence-electron chi connectivity index (χ4n) is 6.06. The van der Waals surface area contributed by atoms with Gasteiger partial charge in [-0.1, -0.05) is 96.5 Å². The number of hydrogen-bond acceptors (Lipinski definition) is 2. The van der Waals surface area contributed by atoms with E-state index in [-0.39, 0.29) is 5.56 Å². The number of carboxylic acids is 1. The molecule has 0 fully saturated rings. The van der Waals surface area contributed by atoms with E-state index in [1.165, 1.54) is 80.3 Å². The summed E-state index contributed by atoms with van der Waals surface area (Å²) >= 11 is 6.23. The Morgan fingerprint density at radius 3 is 2.29 bits per heavy atom. The molecule has 0 radical (unpaired) electrons. The molecule has 5 aromatic rings. The lowest BCUT2D eigenvalue weighted by Crippen LogP contribution is -2.38. The van der Waals surface area contributed by atoms with Crippen molar-refractivity contribution in [2.24, 2.45) is 0 Å². The van der Waals surface area contributed by atoms with Crippen LogP contribution >= 0.6 is 11.6 Å². The van der Waals surface area contributed by atoms with E-state index in [1.54, 1.807) is 0 Å². The zero-order chi connectivity index (χ0) is 28.2. The summed E-state index contributed by atoms with van der Waals surface area (Å²) < 4.78 is 0. The molecule has 0 amide bonds. The van der Waals surface area contributed by atoms with Gasteiger partial charge in [0.1, 0.15) is 0 Å². The van der Waals surface area contributed by atoms with E-state index in [0.29, 0.717) is 5.92 Å². The van der Waals surface area contributed by atoms with Crippen LogP contribution in [0.2, 0.25) is 5.02 Å². The highest BCUT2D eigenvalue weighted by Gasteiger charge is 2.23. The Balaban J connectivity index is 0.000000289. The number of nitrogens with zero attached hydrogens (tertiary/aromatic N) is 1. The topological polar surface area (TPSA) is 50.2 Å². The Bertz CT molecular complexity index is 1810. The van der Waals surface area contributed by atoms with E-state index in [0.717, 1.165) is 24.3 Å². The molecule has 2 aliphatic rings. The quantitative estimate of drug-likeness (QED) is 0.251. The molecule has 41 heavy (non-hydrogen) atoms. The fourth-order valence-corrected chi connectivity index (χ4v) is 6.19. The van der Waals surface area contributed by atoms with Gasteiger partial charge in [-0.15, -0.1) is 0 Å². The monoisotopic (exact) mass is 555 g/mol. The van der Waals surface area contributed by atoms with E-state index in [4.69, 9.17) is 16.7 Å². The lowest BCUT2D eigenvalue weighted by atomic mass is 9.78. The van der Waals surface area contributed by atoms with Gasteiger partial charge in [0.05, 0.1) is 5.56 Å². The molecule has 1 atom stereocenters. The predicted molar refractivity (Wildman–Crippen MR) is 167 cm³/mol. The summed E-state index contributed by atoms with van der Waals surface area (Å²) in [6.45, 7) is 0. The summed E-state index contributed by atoms with van der Waals surface area (Å²) in [5, 5.41) is 12.0. The van der Waals surface area contributed by atoms with Crippen molar-refractivity contribution in [1.29, 1.82) is 0 Å². The predicted octanol–water partition coefficient (Wildman–Crippen LogP) is 7.44. The minimum atomic E-state index is -0.919. The van der Waals surface area contributed by atoms with Crippen molar-refractivity contribution in [1.82, 2.24) is 4.98 Å². The standard InChI is InChI=1S/C31H25Cl.C6H5NO2/c32-25-15-13-22(14-16-25)30-20-24-9-4-5-11-26(24)29-18-17-27-23(10-6-12-28(27)31(29)30)19-21-7-2-1-3-8-21;8-6(9)5-1-3-7-4-2-5/h1-5,7-9,11-18,23H,6,10,19-20H2;1-4H,(H,8,9). The van der Waals surface area contributed by atoms with Crippen molar-refractivity contribution < 1.29 is 9.90 Å². The fraction of sp³-hybridized carbons (Fsp3) is 0.135. The highest BCUT2D eigenvalue weighted by Crippen LogP contribution is 2.33. The molecule has 0 spiro atoms.